The van der Waals surface area contributed by atoms with Gasteiger partial charge in [0.05, 0.1) is 4.90 Å². The van der Waals surface area contributed by atoms with Crippen LogP contribution in [0.25, 0.3) is 0 Å². The lowest BCUT2D eigenvalue weighted by atomic mass is 10.1. The van der Waals surface area contributed by atoms with Crippen LogP contribution >= 0.6 is 11.8 Å². The van der Waals surface area contributed by atoms with E-state index in [1.165, 1.54) is 7.05 Å². The zero-order valence-corrected chi connectivity index (χ0v) is 13.1. The molecule has 1 aromatic carbocycles. The number of thioether (sulfide) groups is 1. The minimum Gasteiger partial charge on any atom is -0.381 e. The van der Waals surface area contributed by atoms with Crippen molar-refractivity contribution >= 4 is 27.5 Å². The molecule has 0 aromatic heterocycles. The van der Waals surface area contributed by atoms with Crippen molar-refractivity contribution in [2.45, 2.75) is 36.5 Å². The van der Waals surface area contributed by atoms with Gasteiger partial charge in [-0.2, -0.15) is 11.8 Å². The number of nitrogens with one attached hydrogen (secondary N) is 2. The highest BCUT2D eigenvalue weighted by Crippen LogP contribution is 2.30. The molecule has 0 radical (unpaired) electrons. The van der Waals surface area contributed by atoms with Crippen molar-refractivity contribution in [2.24, 2.45) is 0 Å². The molecule has 0 aliphatic carbocycles. The van der Waals surface area contributed by atoms with E-state index >= 15 is 0 Å². The van der Waals surface area contributed by atoms with Crippen molar-refractivity contribution in [1.82, 2.24) is 4.72 Å². The monoisotopic (exact) mass is 300 g/mol. The molecule has 0 spiro atoms. The number of benzene rings is 1. The van der Waals surface area contributed by atoms with Crippen LogP contribution in [-0.4, -0.2) is 32.5 Å². The summed E-state index contributed by atoms with van der Waals surface area (Å²) in [4.78, 5) is 0.307. The Morgan fingerprint density at radius 2 is 2.11 bits per heavy atom. The Kier molecular flexibility index (Phi) is 4.43. The van der Waals surface area contributed by atoms with Gasteiger partial charge in [0.25, 0.3) is 0 Å². The molecule has 1 heterocycles. The number of rotatable bonds is 4. The van der Waals surface area contributed by atoms with E-state index < -0.39 is 10.0 Å². The van der Waals surface area contributed by atoms with Gasteiger partial charge in [-0.1, -0.05) is 13.0 Å². The van der Waals surface area contributed by atoms with Crippen LogP contribution in [0.1, 0.15) is 18.9 Å². The second kappa shape index (κ2) is 5.73. The summed E-state index contributed by atoms with van der Waals surface area (Å²) in [6.07, 6.45) is 1.12. The molecule has 2 rings (SSSR count). The van der Waals surface area contributed by atoms with Crippen LogP contribution in [0.5, 0.6) is 0 Å². The Labute approximate surface area is 119 Å². The number of hydrogen-bond donors (Lipinski definition) is 2. The van der Waals surface area contributed by atoms with E-state index in [0.29, 0.717) is 16.2 Å². The molecule has 1 aliphatic rings. The molecular weight excluding hydrogens is 280 g/mol. The van der Waals surface area contributed by atoms with Crippen molar-refractivity contribution in [3.8, 4) is 0 Å². The second-order valence-electron chi connectivity index (χ2n) is 4.80. The lowest BCUT2D eigenvalue weighted by Crippen LogP contribution is -2.25. The molecule has 4 nitrogen and oxygen atoms in total. The van der Waals surface area contributed by atoms with Gasteiger partial charge in [-0.15, -0.1) is 0 Å². The van der Waals surface area contributed by atoms with Gasteiger partial charge in [0, 0.05) is 17.0 Å². The first-order valence-corrected chi connectivity index (χ1v) is 8.89. The summed E-state index contributed by atoms with van der Waals surface area (Å²) in [6.45, 7) is 4.20. The molecule has 6 heteroatoms. The Morgan fingerprint density at radius 3 is 2.68 bits per heavy atom. The van der Waals surface area contributed by atoms with Gasteiger partial charge in [0.15, 0.2) is 0 Å². The highest BCUT2D eigenvalue weighted by atomic mass is 32.2. The van der Waals surface area contributed by atoms with Crippen molar-refractivity contribution in [3.63, 3.8) is 0 Å². The quantitative estimate of drug-likeness (QED) is 0.895. The predicted octanol–water partition coefficient (Wildman–Crippen LogP) is 2.21. The fraction of sp³-hybridized carbons (Fsp3) is 0.538. The fourth-order valence-corrected chi connectivity index (χ4v) is 4.12. The van der Waals surface area contributed by atoms with E-state index in [9.17, 15) is 8.42 Å². The summed E-state index contributed by atoms with van der Waals surface area (Å²) in [6, 6.07) is 5.62. The first-order chi connectivity index (χ1) is 8.94. The standard InChI is InChI=1S/C13H20N2O2S2/c1-9-4-5-11(19(16,17)14-3)8-13(9)15-12-6-7-18-10(12)2/h4-5,8,10,12,14-15H,6-7H2,1-3H3. The van der Waals surface area contributed by atoms with Crippen LogP contribution in [0.2, 0.25) is 0 Å². The van der Waals surface area contributed by atoms with E-state index in [2.05, 4.69) is 17.0 Å². The number of anilines is 1. The summed E-state index contributed by atoms with van der Waals surface area (Å²) < 4.78 is 26.0. The van der Waals surface area contributed by atoms with Crippen LogP contribution in [0.15, 0.2) is 23.1 Å². The van der Waals surface area contributed by atoms with Crippen LogP contribution in [0, 0.1) is 6.92 Å². The van der Waals surface area contributed by atoms with E-state index in [1.807, 2.05) is 24.8 Å². The summed E-state index contributed by atoms with van der Waals surface area (Å²) >= 11 is 1.95. The maximum Gasteiger partial charge on any atom is 0.240 e. The lowest BCUT2D eigenvalue weighted by molar-refractivity contribution is 0.588. The second-order valence-corrected chi connectivity index (χ2v) is 8.17. The normalized spacial score (nSPS) is 23.5. The fourth-order valence-electron chi connectivity index (χ4n) is 2.16. The molecule has 106 valence electrons. The third-order valence-corrected chi connectivity index (χ3v) is 6.24. The molecule has 2 unspecified atom stereocenters. The lowest BCUT2D eigenvalue weighted by Gasteiger charge is -2.20. The SMILES string of the molecule is CNS(=O)(=O)c1ccc(C)c(NC2CCSC2C)c1. The molecule has 1 fully saturated rings. The molecule has 2 atom stereocenters. The number of aryl methyl sites for hydroxylation is 1. The molecule has 1 aromatic rings. The molecule has 1 aliphatic heterocycles. The molecule has 1 saturated heterocycles. The van der Waals surface area contributed by atoms with Crippen LogP contribution in [0.4, 0.5) is 5.69 Å². The zero-order chi connectivity index (χ0) is 14.0. The summed E-state index contributed by atoms with van der Waals surface area (Å²) in [7, 11) is -1.95. The van der Waals surface area contributed by atoms with Gasteiger partial charge in [0.2, 0.25) is 10.0 Å². The highest BCUT2D eigenvalue weighted by molar-refractivity contribution is 8.00. The average Bonchev–Trinajstić information content (AvgIpc) is 2.77. The van der Waals surface area contributed by atoms with E-state index in [-0.39, 0.29) is 0 Å². The Balaban J connectivity index is 2.27. The van der Waals surface area contributed by atoms with Gasteiger partial charge in [-0.25, -0.2) is 13.1 Å². The topological polar surface area (TPSA) is 58.2 Å². The third-order valence-electron chi connectivity index (χ3n) is 3.51. The average molecular weight is 300 g/mol. The van der Waals surface area contributed by atoms with Gasteiger partial charge >= 0.3 is 0 Å². The van der Waals surface area contributed by atoms with Crippen LogP contribution in [-0.2, 0) is 10.0 Å². The predicted molar refractivity (Wildman–Crippen MR) is 81.4 cm³/mol. The Bertz CT molecular complexity index is 558. The zero-order valence-electron chi connectivity index (χ0n) is 11.4. The molecule has 2 N–H and O–H groups in total. The smallest absolute Gasteiger partial charge is 0.240 e. The maximum atomic E-state index is 11.8. The summed E-state index contributed by atoms with van der Waals surface area (Å²) in [5.41, 5.74) is 1.98. The minimum atomic E-state index is -3.38. The Hall–Kier alpha value is -0.720. The van der Waals surface area contributed by atoms with Crippen molar-refractivity contribution < 1.29 is 8.42 Å². The first kappa shape index (κ1) is 14.7. The van der Waals surface area contributed by atoms with Crippen molar-refractivity contribution in [1.29, 1.82) is 0 Å². The van der Waals surface area contributed by atoms with Gasteiger partial charge in [-0.05, 0) is 43.8 Å². The van der Waals surface area contributed by atoms with Crippen LogP contribution in [0.3, 0.4) is 0 Å². The van der Waals surface area contributed by atoms with E-state index in [4.69, 9.17) is 0 Å². The summed E-state index contributed by atoms with van der Waals surface area (Å²) in [5, 5.41) is 4.04. The molecule has 0 saturated carbocycles. The number of hydrogen-bond acceptors (Lipinski definition) is 4. The largest absolute Gasteiger partial charge is 0.381 e. The molecule has 19 heavy (non-hydrogen) atoms. The molecule has 0 bridgehead atoms. The maximum absolute atomic E-state index is 11.8. The first-order valence-electron chi connectivity index (χ1n) is 6.36. The van der Waals surface area contributed by atoms with Crippen LogP contribution < -0.4 is 10.0 Å². The molecular formula is C13H20N2O2S2. The van der Waals surface area contributed by atoms with Crippen molar-refractivity contribution in [3.05, 3.63) is 23.8 Å². The van der Waals surface area contributed by atoms with Gasteiger partial charge in [0.1, 0.15) is 0 Å². The third kappa shape index (κ3) is 3.24. The number of sulfonamides is 1. The highest BCUT2D eigenvalue weighted by Gasteiger charge is 2.24. The van der Waals surface area contributed by atoms with Gasteiger partial charge < -0.3 is 5.32 Å². The molecule has 0 amide bonds. The van der Waals surface area contributed by atoms with Crippen molar-refractivity contribution in [2.75, 3.05) is 18.1 Å². The van der Waals surface area contributed by atoms with Gasteiger partial charge in [-0.3, -0.25) is 0 Å². The van der Waals surface area contributed by atoms with E-state index in [1.54, 1.807) is 12.1 Å². The summed E-state index contributed by atoms with van der Waals surface area (Å²) in [5.74, 6) is 1.16. The Morgan fingerprint density at radius 1 is 1.37 bits per heavy atom. The van der Waals surface area contributed by atoms with E-state index in [0.717, 1.165) is 23.4 Å². The minimum absolute atomic E-state index is 0.307.